The molecule has 8 heteroatoms. The standard InChI is InChI=1S/C21H16N4O4/c26-18-15-10-14(22-20(27)13-6-7-13)8-9-16(15)25(21(18)28)11-17-23-19(24-29-17)12-4-2-1-3-5-12/h1-5,8-10,13H,6-7,11H2,(H,22,27). The summed E-state index contributed by atoms with van der Waals surface area (Å²) in [5.74, 6) is -0.650. The van der Waals surface area contributed by atoms with E-state index in [0.717, 1.165) is 18.4 Å². The summed E-state index contributed by atoms with van der Waals surface area (Å²) < 4.78 is 5.27. The number of carbonyl (C=O) groups is 3. The summed E-state index contributed by atoms with van der Waals surface area (Å²) in [5, 5.41) is 6.73. The summed E-state index contributed by atoms with van der Waals surface area (Å²) >= 11 is 0. The minimum atomic E-state index is -0.662. The number of aromatic nitrogens is 2. The number of amides is 2. The molecule has 0 atom stereocenters. The largest absolute Gasteiger partial charge is 0.337 e. The van der Waals surface area contributed by atoms with E-state index in [0.29, 0.717) is 17.2 Å². The van der Waals surface area contributed by atoms with Crippen LogP contribution in [-0.2, 0) is 16.1 Å². The normalized spacial score (nSPS) is 15.5. The van der Waals surface area contributed by atoms with Crippen LogP contribution in [0, 0.1) is 5.92 Å². The molecule has 0 bridgehead atoms. The SMILES string of the molecule is O=C1C(=O)N(Cc2nc(-c3ccccc3)no2)c2ccc(NC(=O)C3CC3)cc21. The molecular weight excluding hydrogens is 372 g/mol. The van der Waals surface area contributed by atoms with Gasteiger partial charge in [0.15, 0.2) is 0 Å². The molecule has 2 heterocycles. The van der Waals surface area contributed by atoms with Crippen molar-refractivity contribution < 1.29 is 18.9 Å². The van der Waals surface area contributed by atoms with Crippen molar-refractivity contribution in [3.63, 3.8) is 0 Å². The third-order valence-corrected chi connectivity index (χ3v) is 4.98. The zero-order valence-electron chi connectivity index (χ0n) is 15.3. The maximum atomic E-state index is 12.5. The summed E-state index contributed by atoms with van der Waals surface area (Å²) in [7, 11) is 0. The van der Waals surface area contributed by atoms with E-state index in [9.17, 15) is 14.4 Å². The lowest BCUT2D eigenvalue weighted by molar-refractivity contribution is -0.117. The van der Waals surface area contributed by atoms with Gasteiger partial charge >= 0.3 is 0 Å². The van der Waals surface area contributed by atoms with E-state index < -0.39 is 11.7 Å². The van der Waals surface area contributed by atoms with Crippen LogP contribution in [0.25, 0.3) is 11.4 Å². The Balaban J connectivity index is 1.38. The van der Waals surface area contributed by atoms with Crippen molar-refractivity contribution in [2.75, 3.05) is 10.2 Å². The maximum Gasteiger partial charge on any atom is 0.299 e. The van der Waals surface area contributed by atoms with Crippen LogP contribution in [-0.4, -0.2) is 27.7 Å². The molecule has 2 aromatic carbocycles. The number of anilines is 2. The van der Waals surface area contributed by atoms with Gasteiger partial charge in [-0.25, -0.2) is 0 Å². The number of hydrogen-bond donors (Lipinski definition) is 1. The number of benzene rings is 2. The van der Waals surface area contributed by atoms with E-state index in [-0.39, 0.29) is 29.8 Å². The fourth-order valence-electron chi connectivity index (χ4n) is 3.28. The van der Waals surface area contributed by atoms with Gasteiger partial charge in [0.25, 0.3) is 11.7 Å². The average Bonchev–Trinajstić information content (AvgIpc) is 3.45. The molecule has 144 valence electrons. The number of nitrogens with one attached hydrogen (secondary N) is 1. The first kappa shape index (κ1) is 17.3. The molecule has 3 aromatic rings. The summed E-state index contributed by atoms with van der Waals surface area (Å²) in [4.78, 5) is 42.5. The van der Waals surface area contributed by atoms with Crippen molar-refractivity contribution in [1.29, 1.82) is 0 Å². The number of rotatable bonds is 5. The molecule has 0 saturated heterocycles. The van der Waals surface area contributed by atoms with E-state index in [1.807, 2.05) is 30.3 Å². The quantitative estimate of drug-likeness (QED) is 0.674. The van der Waals surface area contributed by atoms with Gasteiger partial charge < -0.3 is 9.84 Å². The molecule has 29 heavy (non-hydrogen) atoms. The van der Waals surface area contributed by atoms with Crippen LogP contribution in [0.15, 0.2) is 53.1 Å². The van der Waals surface area contributed by atoms with Crippen molar-refractivity contribution in [3.8, 4) is 11.4 Å². The number of nitrogens with zero attached hydrogens (tertiary/aromatic N) is 3. The molecule has 1 aromatic heterocycles. The van der Waals surface area contributed by atoms with Gasteiger partial charge in [0, 0.05) is 17.2 Å². The molecule has 1 saturated carbocycles. The Morgan fingerprint density at radius 1 is 1.14 bits per heavy atom. The van der Waals surface area contributed by atoms with Gasteiger partial charge in [-0.3, -0.25) is 19.3 Å². The van der Waals surface area contributed by atoms with Gasteiger partial charge in [-0.1, -0.05) is 35.5 Å². The van der Waals surface area contributed by atoms with Crippen LogP contribution in [0.3, 0.4) is 0 Å². The highest BCUT2D eigenvalue weighted by atomic mass is 16.5. The Bertz CT molecular complexity index is 1130. The van der Waals surface area contributed by atoms with Crippen molar-refractivity contribution in [1.82, 2.24) is 10.1 Å². The van der Waals surface area contributed by atoms with Crippen LogP contribution in [0.5, 0.6) is 0 Å². The van der Waals surface area contributed by atoms with Crippen LogP contribution in [0.2, 0.25) is 0 Å². The maximum absolute atomic E-state index is 12.5. The summed E-state index contributed by atoms with van der Waals surface area (Å²) in [5.41, 5.74) is 2.02. The van der Waals surface area contributed by atoms with Crippen molar-refractivity contribution >= 4 is 29.0 Å². The Morgan fingerprint density at radius 2 is 1.93 bits per heavy atom. The average molecular weight is 388 g/mol. The minimum absolute atomic E-state index is 0.00874. The summed E-state index contributed by atoms with van der Waals surface area (Å²) in [6.45, 7) is -0.00874. The first-order valence-corrected chi connectivity index (χ1v) is 9.29. The van der Waals surface area contributed by atoms with E-state index in [1.165, 1.54) is 4.90 Å². The third kappa shape index (κ3) is 3.18. The zero-order chi connectivity index (χ0) is 20.0. The molecule has 1 aliphatic carbocycles. The Morgan fingerprint density at radius 3 is 2.69 bits per heavy atom. The predicted octanol–water partition coefficient (Wildman–Crippen LogP) is 2.81. The van der Waals surface area contributed by atoms with E-state index >= 15 is 0 Å². The van der Waals surface area contributed by atoms with Crippen LogP contribution in [0.1, 0.15) is 29.1 Å². The monoisotopic (exact) mass is 388 g/mol. The topological polar surface area (TPSA) is 105 Å². The molecule has 5 rings (SSSR count). The van der Waals surface area contributed by atoms with Crippen molar-refractivity contribution in [3.05, 3.63) is 60.0 Å². The van der Waals surface area contributed by atoms with Gasteiger partial charge in [-0.15, -0.1) is 0 Å². The smallest absolute Gasteiger partial charge is 0.299 e. The molecular formula is C21H16N4O4. The van der Waals surface area contributed by atoms with Crippen molar-refractivity contribution in [2.24, 2.45) is 5.92 Å². The fourth-order valence-corrected chi connectivity index (χ4v) is 3.28. The molecule has 1 fully saturated rings. The van der Waals surface area contributed by atoms with E-state index in [4.69, 9.17) is 4.52 Å². The number of fused-ring (bicyclic) bond motifs is 1. The Hall–Kier alpha value is -3.81. The molecule has 2 aliphatic rings. The van der Waals surface area contributed by atoms with E-state index in [2.05, 4.69) is 15.5 Å². The van der Waals surface area contributed by atoms with Gasteiger partial charge in [-0.05, 0) is 31.0 Å². The highest BCUT2D eigenvalue weighted by Crippen LogP contribution is 2.34. The summed E-state index contributed by atoms with van der Waals surface area (Å²) in [6, 6.07) is 14.2. The number of hydrogen-bond acceptors (Lipinski definition) is 6. The lowest BCUT2D eigenvalue weighted by atomic mass is 10.1. The second-order valence-corrected chi connectivity index (χ2v) is 7.09. The number of ketones is 1. The highest BCUT2D eigenvalue weighted by Gasteiger charge is 2.37. The second-order valence-electron chi connectivity index (χ2n) is 7.09. The molecule has 1 aliphatic heterocycles. The molecule has 0 radical (unpaired) electrons. The van der Waals surface area contributed by atoms with Crippen molar-refractivity contribution in [2.45, 2.75) is 19.4 Å². The first-order valence-electron chi connectivity index (χ1n) is 9.29. The predicted molar refractivity (Wildman–Crippen MR) is 103 cm³/mol. The molecule has 8 nitrogen and oxygen atoms in total. The molecule has 2 amide bonds. The van der Waals surface area contributed by atoms with Gasteiger partial charge in [0.1, 0.15) is 6.54 Å². The van der Waals surface area contributed by atoms with Gasteiger partial charge in [0.05, 0.1) is 11.3 Å². The fraction of sp³-hybridized carbons (Fsp3) is 0.190. The zero-order valence-corrected chi connectivity index (χ0v) is 15.3. The van der Waals surface area contributed by atoms with Gasteiger partial charge in [-0.2, -0.15) is 4.98 Å². The molecule has 0 unspecified atom stereocenters. The Labute approximate surface area is 165 Å². The minimum Gasteiger partial charge on any atom is -0.337 e. The third-order valence-electron chi connectivity index (χ3n) is 4.98. The molecule has 0 spiro atoms. The lowest BCUT2D eigenvalue weighted by Crippen LogP contribution is -2.29. The Kier molecular flexibility index (Phi) is 3.97. The van der Waals surface area contributed by atoms with Gasteiger partial charge in [0.2, 0.25) is 17.6 Å². The highest BCUT2D eigenvalue weighted by molar-refractivity contribution is 6.52. The van der Waals surface area contributed by atoms with Crippen LogP contribution < -0.4 is 10.2 Å². The van der Waals surface area contributed by atoms with Crippen LogP contribution in [0.4, 0.5) is 11.4 Å². The number of Topliss-reactive ketones (excluding diaryl/α,β-unsaturated/α-hetero) is 1. The number of carbonyl (C=O) groups excluding carboxylic acids is 3. The van der Waals surface area contributed by atoms with E-state index in [1.54, 1.807) is 18.2 Å². The summed E-state index contributed by atoms with van der Waals surface area (Å²) in [6.07, 6.45) is 1.77. The second kappa shape index (κ2) is 6.66. The molecule has 1 N–H and O–H groups in total. The lowest BCUT2D eigenvalue weighted by Gasteiger charge is -2.14. The van der Waals surface area contributed by atoms with Crippen LogP contribution >= 0.6 is 0 Å². The first-order chi connectivity index (χ1) is 14.1.